The molecule has 48 heavy (non-hydrogen) atoms. The number of nitrogens with one attached hydrogen (secondary N) is 1. The molecule has 4 aromatic rings. The van der Waals surface area contributed by atoms with Crippen molar-refractivity contribution >= 4 is 54.7 Å². The molecule has 15 heteroatoms. The first-order chi connectivity index (χ1) is 23.0. The Kier molecular flexibility index (Phi) is 7.48. The number of nitrogens with two attached hydrogens (primary N) is 1. The summed E-state index contributed by atoms with van der Waals surface area (Å²) in [6, 6.07) is 5.72. The van der Waals surface area contributed by atoms with Gasteiger partial charge in [0.15, 0.2) is 5.82 Å². The Hall–Kier alpha value is -3.77. The van der Waals surface area contributed by atoms with Gasteiger partial charge in [0.05, 0.1) is 26.4 Å². The lowest BCUT2D eigenvalue weighted by Crippen LogP contribution is -2.59. The van der Waals surface area contributed by atoms with Crippen molar-refractivity contribution in [3.63, 3.8) is 0 Å². The van der Waals surface area contributed by atoms with Crippen molar-refractivity contribution in [1.29, 1.82) is 5.26 Å². The van der Waals surface area contributed by atoms with Crippen LogP contribution in [0.4, 0.5) is 32.8 Å². The number of aromatic nitrogens is 2. The molecule has 6 heterocycles. The number of alkyl halides is 1. The molecule has 250 valence electrons. The summed E-state index contributed by atoms with van der Waals surface area (Å²) in [7, 11) is 0. The molecule has 4 aliphatic rings. The summed E-state index contributed by atoms with van der Waals surface area (Å²) in [4.78, 5) is 13.1. The highest BCUT2D eigenvalue weighted by Gasteiger charge is 2.50. The van der Waals surface area contributed by atoms with Crippen molar-refractivity contribution < 1.29 is 26.7 Å². The van der Waals surface area contributed by atoms with Crippen molar-refractivity contribution in [2.24, 2.45) is 0 Å². The minimum Gasteiger partial charge on any atom is -0.461 e. The zero-order valence-electron chi connectivity index (χ0n) is 25.4. The molecule has 0 spiro atoms. The fraction of sp³-hybridized carbons (Fsp3) is 0.424. The Labute approximate surface area is 280 Å². The molecule has 3 N–H and O–H groups in total. The van der Waals surface area contributed by atoms with E-state index in [1.807, 2.05) is 11.0 Å². The van der Waals surface area contributed by atoms with E-state index in [2.05, 4.69) is 15.2 Å². The van der Waals surface area contributed by atoms with Crippen LogP contribution >= 0.6 is 22.9 Å². The Morgan fingerprint density at radius 2 is 2.08 bits per heavy atom. The lowest BCUT2D eigenvalue weighted by molar-refractivity contribution is 0.107. The van der Waals surface area contributed by atoms with Crippen LogP contribution in [0.25, 0.3) is 32.1 Å². The number of rotatable bonds is 6. The molecular weight excluding hydrogens is 673 g/mol. The lowest BCUT2D eigenvalue weighted by atomic mass is 9.95. The predicted molar refractivity (Wildman–Crippen MR) is 174 cm³/mol. The van der Waals surface area contributed by atoms with Crippen LogP contribution in [0.1, 0.15) is 37.7 Å². The molecule has 4 saturated heterocycles. The average Bonchev–Trinajstić information content (AvgIpc) is 3.75. The third-order valence-corrected chi connectivity index (χ3v) is 11.6. The Balaban J connectivity index is 1.30. The molecule has 0 saturated carbocycles. The van der Waals surface area contributed by atoms with Crippen molar-refractivity contribution in [2.75, 3.05) is 43.4 Å². The zero-order valence-corrected chi connectivity index (χ0v) is 27.0. The van der Waals surface area contributed by atoms with Crippen LogP contribution in [0.3, 0.4) is 0 Å². The quantitative estimate of drug-likeness (QED) is 0.209. The topological polar surface area (TPSA) is 103 Å². The van der Waals surface area contributed by atoms with E-state index in [4.69, 9.17) is 27.1 Å². The van der Waals surface area contributed by atoms with Crippen molar-refractivity contribution in [3.05, 3.63) is 52.6 Å². The van der Waals surface area contributed by atoms with E-state index in [1.165, 1.54) is 12.1 Å². The van der Waals surface area contributed by atoms with Gasteiger partial charge in [0.25, 0.3) is 6.08 Å². The predicted octanol–water partition coefficient (Wildman–Crippen LogP) is 6.94. The molecule has 2 aromatic heterocycles. The highest BCUT2D eigenvalue weighted by atomic mass is 35.5. The fourth-order valence-electron chi connectivity index (χ4n) is 8.31. The van der Waals surface area contributed by atoms with E-state index < -0.39 is 35.0 Å². The number of benzene rings is 2. The van der Waals surface area contributed by atoms with Gasteiger partial charge >= 0.3 is 6.01 Å². The fourth-order valence-corrected chi connectivity index (χ4v) is 9.56. The summed E-state index contributed by atoms with van der Waals surface area (Å²) >= 11 is 7.69. The number of ether oxygens (including phenoxy) is 1. The van der Waals surface area contributed by atoms with Gasteiger partial charge in [-0.2, -0.15) is 24.0 Å². The summed E-state index contributed by atoms with van der Waals surface area (Å²) in [6.45, 7) is 1.67. The van der Waals surface area contributed by atoms with Crippen LogP contribution in [-0.4, -0.2) is 70.9 Å². The largest absolute Gasteiger partial charge is 0.461 e. The normalized spacial score (nSPS) is 26.7. The Bertz CT molecular complexity index is 2070. The second kappa shape index (κ2) is 11.4. The summed E-state index contributed by atoms with van der Waals surface area (Å²) in [5.41, 5.74) is 4.39. The van der Waals surface area contributed by atoms with Crippen molar-refractivity contribution in [3.8, 4) is 23.2 Å². The van der Waals surface area contributed by atoms with Gasteiger partial charge in [-0.1, -0.05) is 17.7 Å². The van der Waals surface area contributed by atoms with Crippen LogP contribution in [0.5, 0.6) is 6.01 Å². The van der Waals surface area contributed by atoms with Gasteiger partial charge in [-0.25, -0.2) is 13.2 Å². The highest BCUT2D eigenvalue weighted by molar-refractivity contribution is 7.23. The molecular formula is C33H29ClF5N7OS. The molecule has 8 rings (SSSR count). The maximum Gasteiger partial charge on any atom is 0.319 e. The Morgan fingerprint density at radius 3 is 2.88 bits per heavy atom. The molecule has 4 atom stereocenters. The number of nitrogens with zero attached hydrogens (tertiary/aromatic N) is 5. The van der Waals surface area contributed by atoms with Gasteiger partial charge in [-0.3, -0.25) is 4.90 Å². The number of thiophene rings is 1. The molecule has 3 unspecified atom stereocenters. The molecule has 4 aliphatic heterocycles. The standard InChI is InChI=1S/C33H29ClF5N7OS/c34-21-8-19-27(26(39)25(21)18-2-3-22(36)28-24(18)20(11-40)29(41)48-28)42-31(47-15-33-5-1-7-46(33)12-16(35)9-33)43-30(19)45-13-17-4-6-32(14-45,44-17)10-23(37)38/h2-3,8,10,16-17,44H,1,4-7,9,12-15,41H2/t16-,17?,32?,33?/m1/s1. The van der Waals surface area contributed by atoms with E-state index in [1.54, 1.807) is 0 Å². The molecule has 8 nitrogen and oxygen atoms in total. The molecule has 2 bridgehead atoms. The smallest absolute Gasteiger partial charge is 0.319 e. The summed E-state index contributed by atoms with van der Waals surface area (Å²) in [5.74, 6) is -1.22. The summed E-state index contributed by atoms with van der Waals surface area (Å²) in [5, 5.41) is 13.5. The van der Waals surface area contributed by atoms with Gasteiger partial charge in [-0.05, 0) is 49.9 Å². The number of hydrogen-bond donors (Lipinski definition) is 2. The van der Waals surface area contributed by atoms with E-state index in [0.29, 0.717) is 32.4 Å². The molecule has 0 aliphatic carbocycles. The SMILES string of the molecule is N#Cc1c(N)sc2c(F)ccc(-c3c(Cl)cc4c(N5CC6CCC(C=C(F)F)(C5)N6)nc(OCC56CCCN5C[C@H](F)C6)nc4c3F)c12. The van der Waals surface area contributed by atoms with Gasteiger partial charge < -0.3 is 20.7 Å². The zero-order chi connectivity index (χ0) is 33.5. The van der Waals surface area contributed by atoms with Crippen LogP contribution in [0.2, 0.25) is 5.02 Å². The van der Waals surface area contributed by atoms with E-state index in [9.17, 15) is 22.8 Å². The van der Waals surface area contributed by atoms with Crippen LogP contribution in [-0.2, 0) is 0 Å². The van der Waals surface area contributed by atoms with Gasteiger partial charge in [-0.15, -0.1) is 11.3 Å². The molecule has 0 radical (unpaired) electrons. The van der Waals surface area contributed by atoms with Gasteiger partial charge in [0.2, 0.25) is 0 Å². The van der Waals surface area contributed by atoms with Crippen LogP contribution in [0, 0.1) is 23.0 Å². The van der Waals surface area contributed by atoms with E-state index >= 15 is 4.39 Å². The van der Waals surface area contributed by atoms with E-state index in [-0.39, 0.29) is 78.7 Å². The van der Waals surface area contributed by atoms with Crippen LogP contribution < -0.4 is 20.7 Å². The van der Waals surface area contributed by atoms with Crippen LogP contribution in [0.15, 0.2) is 30.4 Å². The number of piperazine rings is 1. The maximum atomic E-state index is 17.0. The maximum absolute atomic E-state index is 17.0. The number of anilines is 2. The third-order valence-electron chi connectivity index (χ3n) is 10.3. The Morgan fingerprint density at radius 1 is 1.25 bits per heavy atom. The third kappa shape index (κ3) is 4.97. The number of halogens is 6. The number of nitrogen functional groups attached to an aromatic ring is 1. The van der Waals surface area contributed by atoms with E-state index in [0.717, 1.165) is 42.9 Å². The van der Waals surface area contributed by atoms with Crippen molar-refractivity contribution in [1.82, 2.24) is 20.2 Å². The van der Waals surface area contributed by atoms with Gasteiger partial charge in [0, 0.05) is 54.5 Å². The summed E-state index contributed by atoms with van der Waals surface area (Å²) in [6.07, 6.45) is 1.19. The second-order valence-corrected chi connectivity index (χ2v) is 14.7. The summed E-state index contributed by atoms with van der Waals surface area (Å²) < 4.78 is 79.9. The first kappa shape index (κ1) is 31.5. The molecule has 2 aromatic carbocycles. The first-order valence-electron chi connectivity index (χ1n) is 15.7. The molecule has 0 amide bonds. The minimum absolute atomic E-state index is 0.00491. The monoisotopic (exact) mass is 701 g/mol. The molecule has 4 fully saturated rings. The number of nitriles is 1. The van der Waals surface area contributed by atoms with Crippen molar-refractivity contribution in [2.45, 2.75) is 55.4 Å². The number of fused-ring (bicyclic) bond motifs is 5. The first-order valence-corrected chi connectivity index (χ1v) is 16.9. The second-order valence-electron chi connectivity index (χ2n) is 13.2. The number of hydrogen-bond acceptors (Lipinski definition) is 9. The minimum atomic E-state index is -1.81. The van der Waals surface area contributed by atoms with Gasteiger partial charge in [0.1, 0.15) is 41.0 Å². The highest BCUT2D eigenvalue weighted by Crippen LogP contribution is 2.47. The lowest BCUT2D eigenvalue weighted by Gasteiger charge is -2.40. The average molecular weight is 702 g/mol.